The summed E-state index contributed by atoms with van der Waals surface area (Å²) in [5, 5.41) is 6.13. The number of H-pyrrole nitrogens is 2. The van der Waals surface area contributed by atoms with Crippen molar-refractivity contribution in [2.45, 2.75) is 53.4 Å². The van der Waals surface area contributed by atoms with E-state index in [2.05, 4.69) is 79.7 Å². The Morgan fingerprint density at radius 1 is 0.604 bits per heavy atom. The molecule has 6 heterocycles. The smallest absolute Gasteiger partial charge is 0.220 e. The zero-order valence-corrected chi connectivity index (χ0v) is 29.7. The first kappa shape index (κ1) is 33.6. The third-order valence-corrected chi connectivity index (χ3v) is 11.8. The molecule has 4 N–H and O–H groups in total. The minimum atomic E-state index is 0.0228. The lowest BCUT2D eigenvalue weighted by Gasteiger charge is -2.07. The first-order chi connectivity index (χ1) is 23.2. The molecule has 0 unspecified atom stereocenters. The number of aryl methyl sites for hydroxylation is 2. The molecule has 0 saturated carbocycles. The minimum absolute atomic E-state index is 0.0228. The lowest BCUT2D eigenvalue weighted by atomic mass is 9.98. The van der Waals surface area contributed by atoms with Crippen LogP contribution in [0.25, 0.3) is 56.5 Å². The maximum atomic E-state index is 12.9. The van der Waals surface area contributed by atoms with E-state index in [9.17, 15) is 9.59 Å². The second-order valence-electron chi connectivity index (χ2n) is 12.3. The molecule has 3 aromatic heterocycles. The predicted octanol–water partition coefficient (Wildman–Crippen LogP) is 8.27. The van der Waals surface area contributed by atoms with Crippen molar-refractivity contribution in [2.75, 3.05) is 24.6 Å². The van der Waals surface area contributed by atoms with E-state index in [1.165, 1.54) is 0 Å². The van der Waals surface area contributed by atoms with E-state index >= 15 is 0 Å². The van der Waals surface area contributed by atoms with E-state index in [-0.39, 0.29) is 11.8 Å². The molecule has 3 aliphatic heterocycles. The van der Waals surface area contributed by atoms with Crippen molar-refractivity contribution in [3.63, 3.8) is 0 Å². The maximum Gasteiger partial charge on any atom is 0.220 e. The van der Waals surface area contributed by atoms with E-state index in [0.29, 0.717) is 38.8 Å². The van der Waals surface area contributed by atoms with Crippen LogP contribution in [0.5, 0.6) is 0 Å². The number of nitrogens with zero attached hydrogens (tertiary/aromatic N) is 2. The van der Waals surface area contributed by atoms with Crippen LogP contribution in [0, 0.1) is 13.8 Å². The van der Waals surface area contributed by atoms with Crippen LogP contribution in [0.3, 0.4) is 0 Å². The van der Waals surface area contributed by atoms with Gasteiger partial charge in [-0.1, -0.05) is 46.9 Å². The van der Waals surface area contributed by atoms with Gasteiger partial charge in [0, 0.05) is 70.6 Å². The number of amides is 2. The van der Waals surface area contributed by atoms with Crippen molar-refractivity contribution in [1.82, 2.24) is 30.6 Å². The average Bonchev–Trinajstić information content (AvgIpc) is 3.72. The SMILES string of the molecule is C=Cc1c(C)c2cc3[nH]c(cc4nc5cc6nc(cc1[nH]2)C(C)=C6CCC(=O)NCCSSCCNC(=O)CCC5=C4C)c(C)c3C=C. The summed E-state index contributed by atoms with van der Waals surface area (Å²) in [6.45, 7) is 17.8. The van der Waals surface area contributed by atoms with Crippen LogP contribution in [0.2, 0.25) is 0 Å². The van der Waals surface area contributed by atoms with Gasteiger partial charge in [-0.05, 0) is 98.2 Å². The third-order valence-electron chi connectivity index (χ3n) is 9.34. The van der Waals surface area contributed by atoms with E-state index in [4.69, 9.17) is 9.97 Å². The molecule has 8 bridgehead atoms. The number of hydrogen-bond donors (Lipinski definition) is 4. The molecule has 8 nitrogen and oxygen atoms in total. The van der Waals surface area contributed by atoms with Gasteiger partial charge in [-0.25, -0.2) is 9.97 Å². The highest BCUT2D eigenvalue weighted by Crippen LogP contribution is 2.38. The highest BCUT2D eigenvalue weighted by molar-refractivity contribution is 8.76. The van der Waals surface area contributed by atoms with Gasteiger partial charge in [-0.3, -0.25) is 9.59 Å². The van der Waals surface area contributed by atoms with Gasteiger partial charge in [0.15, 0.2) is 0 Å². The normalized spacial score (nSPS) is 16.8. The fourth-order valence-electron chi connectivity index (χ4n) is 6.54. The summed E-state index contributed by atoms with van der Waals surface area (Å²) >= 11 is 0. The molecule has 2 amide bonds. The van der Waals surface area contributed by atoms with Crippen molar-refractivity contribution in [3.8, 4) is 0 Å². The van der Waals surface area contributed by atoms with Crippen LogP contribution >= 0.6 is 21.6 Å². The summed E-state index contributed by atoms with van der Waals surface area (Å²) in [6, 6.07) is 8.32. The van der Waals surface area contributed by atoms with Gasteiger partial charge in [0.2, 0.25) is 11.8 Å². The van der Waals surface area contributed by atoms with Crippen molar-refractivity contribution in [1.29, 1.82) is 0 Å². The van der Waals surface area contributed by atoms with Gasteiger partial charge in [-0.15, -0.1) is 0 Å². The third kappa shape index (κ3) is 6.82. The van der Waals surface area contributed by atoms with Crippen LogP contribution in [0.1, 0.15) is 84.6 Å². The number of aromatic amines is 2. The zero-order valence-electron chi connectivity index (χ0n) is 28.1. The van der Waals surface area contributed by atoms with Crippen LogP contribution in [0.4, 0.5) is 0 Å². The molecular formula is C38H42N6O2S2. The molecule has 48 heavy (non-hydrogen) atoms. The second-order valence-corrected chi connectivity index (χ2v) is 15.0. The lowest BCUT2D eigenvalue weighted by Crippen LogP contribution is -2.26. The summed E-state index contributed by atoms with van der Waals surface area (Å²) < 4.78 is 0. The Labute approximate surface area is 289 Å². The number of nitrogens with one attached hydrogen (secondary N) is 4. The number of carbonyl (C=O) groups is 2. The molecule has 248 valence electrons. The van der Waals surface area contributed by atoms with Crippen LogP contribution in [-0.2, 0) is 9.59 Å². The monoisotopic (exact) mass is 678 g/mol. The molecular weight excluding hydrogens is 637 g/mol. The molecule has 6 rings (SSSR count). The highest BCUT2D eigenvalue weighted by Gasteiger charge is 2.23. The van der Waals surface area contributed by atoms with Gasteiger partial charge in [0.1, 0.15) is 0 Å². The van der Waals surface area contributed by atoms with Crippen molar-refractivity contribution < 1.29 is 9.59 Å². The molecule has 0 aromatic carbocycles. The Kier molecular flexibility index (Phi) is 10.1. The topological polar surface area (TPSA) is 116 Å². The standard InChI is InChI=1S/C38H42N6O2S2/c1-7-25-21(3)29-17-30-23(5)27-9-11-37(45)39-13-15-47-48-16-14-40-38(46)12-10-28-24(6)32(44-36(28)20-35(27)43-30)19-34-26(8-2)22(4)31(42-34)18-33(25)41-29/h7-8,17-20,41-42H,1-2,9-16H2,3-6H3,(H,39,45)(H,40,46). The Balaban J connectivity index is 1.63. The second kappa shape index (κ2) is 14.5. The molecule has 0 aliphatic carbocycles. The van der Waals surface area contributed by atoms with E-state index < -0.39 is 0 Å². The van der Waals surface area contributed by atoms with Gasteiger partial charge in [0.05, 0.1) is 22.8 Å². The maximum absolute atomic E-state index is 12.9. The number of aromatic nitrogens is 4. The van der Waals surface area contributed by atoms with Crippen molar-refractivity contribution in [3.05, 3.63) is 82.5 Å². The fourth-order valence-corrected chi connectivity index (χ4v) is 8.35. The zero-order chi connectivity index (χ0) is 33.9. The Morgan fingerprint density at radius 2 is 1.04 bits per heavy atom. The van der Waals surface area contributed by atoms with Gasteiger partial charge in [-0.2, -0.15) is 0 Å². The molecule has 10 heteroatoms. The molecule has 0 radical (unpaired) electrons. The minimum Gasteiger partial charge on any atom is -0.355 e. The molecule has 3 aromatic rings. The number of carbonyl (C=O) groups excluding carboxylic acids is 2. The highest BCUT2D eigenvalue weighted by atomic mass is 33.1. The number of allylic oxidation sites excluding steroid dienone is 4. The van der Waals surface area contributed by atoms with E-state index in [1.807, 2.05) is 18.2 Å². The molecule has 0 spiro atoms. The van der Waals surface area contributed by atoms with E-state index in [0.717, 1.165) is 101 Å². The summed E-state index contributed by atoms with van der Waals surface area (Å²) in [4.78, 5) is 43.4. The Bertz CT molecular complexity index is 2070. The Hall–Kier alpha value is -4.28. The summed E-state index contributed by atoms with van der Waals surface area (Å²) in [6.07, 6.45) is 5.59. The molecule has 0 saturated heterocycles. The predicted molar refractivity (Wildman–Crippen MR) is 205 cm³/mol. The van der Waals surface area contributed by atoms with Gasteiger partial charge in [0.25, 0.3) is 0 Å². The van der Waals surface area contributed by atoms with Crippen LogP contribution in [0.15, 0.2) is 37.4 Å². The largest absolute Gasteiger partial charge is 0.355 e. The number of rotatable bonds is 2. The van der Waals surface area contributed by atoms with Crippen molar-refractivity contribution >= 4 is 89.9 Å². The van der Waals surface area contributed by atoms with Gasteiger partial charge >= 0.3 is 0 Å². The summed E-state index contributed by atoms with van der Waals surface area (Å²) in [5.41, 5.74) is 15.4. The first-order valence-electron chi connectivity index (χ1n) is 16.4. The van der Waals surface area contributed by atoms with Gasteiger partial charge < -0.3 is 20.6 Å². The molecule has 0 fully saturated rings. The average molecular weight is 679 g/mol. The van der Waals surface area contributed by atoms with Crippen LogP contribution in [-0.4, -0.2) is 56.3 Å². The lowest BCUT2D eigenvalue weighted by molar-refractivity contribution is -0.121. The Morgan fingerprint density at radius 3 is 1.52 bits per heavy atom. The summed E-state index contributed by atoms with van der Waals surface area (Å²) in [7, 11) is 3.41. The molecule has 3 aliphatic rings. The molecule has 0 atom stereocenters. The number of hydrogen-bond acceptors (Lipinski definition) is 6. The quantitative estimate of drug-likeness (QED) is 0.203. The van der Waals surface area contributed by atoms with E-state index in [1.54, 1.807) is 21.6 Å². The number of fused-ring (bicyclic) bond motifs is 6. The van der Waals surface area contributed by atoms with Crippen molar-refractivity contribution in [2.24, 2.45) is 0 Å². The first-order valence-corrected chi connectivity index (χ1v) is 18.9. The summed E-state index contributed by atoms with van der Waals surface area (Å²) in [5.74, 6) is 1.66. The van der Waals surface area contributed by atoms with Crippen LogP contribution < -0.4 is 10.6 Å². The fraction of sp³-hybridized carbons (Fsp3) is 0.316.